The van der Waals surface area contributed by atoms with Crippen LogP contribution in [0.1, 0.15) is 44.6 Å². The van der Waals surface area contributed by atoms with Gasteiger partial charge in [-0.25, -0.2) is 4.99 Å². The minimum Gasteiger partial charge on any atom is -0.497 e. The van der Waals surface area contributed by atoms with Crippen LogP contribution in [0.2, 0.25) is 0 Å². The minimum atomic E-state index is 0.265. The summed E-state index contributed by atoms with van der Waals surface area (Å²) in [6, 6.07) is 8.24. The van der Waals surface area contributed by atoms with E-state index in [-0.39, 0.29) is 12.0 Å². The van der Waals surface area contributed by atoms with Gasteiger partial charge in [0.15, 0.2) is 5.96 Å². The van der Waals surface area contributed by atoms with Crippen molar-refractivity contribution in [3.05, 3.63) is 29.8 Å². The number of carbonyl (C=O) groups excluding carboxylic acids is 1. The molecule has 6 heteroatoms. The Balaban J connectivity index is 1.53. The van der Waals surface area contributed by atoms with Gasteiger partial charge in [-0.2, -0.15) is 0 Å². The number of ether oxygens (including phenoxy) is 1. The molecule has 0 aromatic heterocycles. The van der Waals surface area contributed by atoms with Crippen LogP contribution in [0.25, 0.3) is 0 Å². The number of benzene rings is 1. The molecule has 1 aromatic rings. The second-order valence-electron chi connectivity index (χ2n) is 7.44. The highest BCUT2D eigenvalue weighted by molar-refractivity contribution is 5.81. The molecule has 148 valence electrons. The number of hydrogen-bond acceptors (Lipinski definition) is 3. The summed E-state index contributed by atoms with van der Waals surface area (Å²) in [4.78, 5) is 19.4. The summed E-state index contributed by atoms with van der Waals surface area (Å²) in [5, 5.41) is 6.82. The third kappa shape index (κ3) is 5.37. The first-order valence-electron chi connectivity index (χ1n) is 10.2. The molecule has 2 N–H and O–H groups in total. The third-order valence-corrected chi connectivity index (χ3v) is 5.47. The lowest BCUT2D eigenvalue weighted by Crippen LogP contribution is -2.45. The van der Waals surface area contributed by atoms with E-state index < -0.39 is 0 Å². The number of methoxy groups -OCH3 is 1. The van der Waals surface area contributed by atoms with Crippen LogP contribution in [0.5, 0.6) is 5.75 Å². The molecule has 27 heavy (non-hydrogen) atoms. The van der Waals surface area contributed by atoms with Gasteiger partial charge in [-0.1, -0.05) is 25.0 Å². The fourth-order valence-electron chi connectivity index (χ4n) is 3.92. The highest BCUT2D eigenvalue weighted by Crippen LogP contribution is 2.27. The molecular formula is C21H32N4O2. The van der Waals surface area contributed by atoms with Crippen LogP contribution < -0.4 is 15.4 Å². The van der Waals surface area contributed by atoms with Crippen molar-refractivity contribution in [1.29, 1.82) is 0 Å². The van der Waals surface area contributed by atoms with Gasteiger partial charge in [0.2, 0.25) is 5.91 Å². The molecule has 1 aromatic carbocycles. The van der Waals surface area contributed by atoms with Crippen LogP contribution in [0.4, 0.5) is 0 Å². The van der Waals surface area contributed by atoms with E-state index in [1.807, 2.05) is 29.2 Å². The minimum absolute atomic E-state index is 0.265. The Morgan fingerprint density at radius 3 is 2.63 bits per heavy atom. The van der Waals surface area contributed by atoms with E-state index in [9.17, 15) is 4.79 Å². The number of carbonyl (C=O) groups is 1. The van der Waals surface area contributed by atoms with Crippen LogP contribution in [-0.4, -0.2) is 49.6 Å². The van der Waals surface area contributed by atoms with Crippen molar-refractivity contribution in [3.63, 3.8) is 0 Å². The van der Waals surface area contributed by atoms with Gasteiger partial charge in [0.05, 0.1) is 13.7 Å². The number of likely N-dealkylation sites (tertiary alicyclic amines) is 1. The highest BCUT2D eigenvalue weighted by Gasteiger charge is 2.32. The van der Waals surface area contributed by atoms with Crippen molar-refractivity contribution in [2.75, 3.05) is 26.7 Å². The van der Waals surface area contributed by atoms with Crippen molar-refractivity contribution < 1.29 is 9.53 Å². The molecular weight excluding hydrogens is 340 g/mol. The average molecular weight is 373 g/mol. The number of guanidine groups is 1. The van der Waals surface area contributed by atoms with Crippen LogP contribution in [0, 0.1) is 5.92 Å². The summed E-state index contributed by atoms with van der Waals surface area (Å²) < 4.78 is 5.20. The molecule has 0 bridgehead atoms. The van der Waals surface area contributed by atoms with Gasteiger partial charge < -0.3 is 20.3 Å². The van der Waals surface area contributed by atoms with Gasteiger partial charge in [-0.05, 0) is 43.9 Å². The molecule has 2 fully saturated rings. The maximum Gasteiger partial charge on any atom is 0.225 e. The average Bonchev–Trinajstić information content (AvgIpc) is 3.38. The van der Waals surface area contributed by atoms with Crippen molar-refractivity contribution in [2.45, 2.75) is 51.6 Å². The molecule has 1 saturated heterocycles. The number of nitrogens with zero attached hydrogens (tertiary/aromatic N) is 2. The third-order valence-electron chi connectivity index (χ3n) is 5.47. The number of amides is 1. The van der Waals surface area contributed by atoms with Crippen molar-refractivity contribution in [1.82, 2.24) is 15.5 Å². The second-order valence-corrected chi connectivity index (χ2v) is 7.44. The molecule has 0 radical (unpaired) electrons. The molecule has 1 atom stereocenters. The summed E-state index contributed by atoms with van der Waals surface area (Å²) in [6.45, 7) is 5.12. The first-order valence-corrected chi connectivity index (χ1v) is 10.2. The van der Waals surface area contributed by atoms with Gasteiger partial charge in [0.25, 0.3) is 0 Å². The maximum atomic E-state index is 12.6. The van der Waals surface area contributed by atoms with E-state index in [4.69, 9.17) is 9.73 Å². The van der Waals surface area contributed by atoms with Gasteiger partial charge in [0.1, 0.15) is 5.75 Å². The monoisotopic (exact) mass is 372 g/mol. The molecule has 1 heterocycles. The molecule has 0 spiro atoms. The molecule has 1 unspecified atom stereocenters. The Morgan fingerprint density at radius 2 is 1.96 bits per heavy atom. The molecule has 1 amide bonds. The number of aliphatic imine (C=N–C) groups is 1. The van der Waals surface area contributed by atoms with E-state index in [0.29, 0.717) is 12.5 Å². The van der Waals surface area contributed by atoms with Crippen molar-refractivity contribution in [2.24, 2.45) is 10.9 Å². The fourth-order valence-corrected chi connectivity index (χ4v) is 3.92. The quantitative estimate of drug-likeness (QED) is 0.595. The summed E-state index contributed by atoms with van der Waals surface area (Å²) in [5.41, 5.74) is 1.14. The summed E-state index contributed by atoms with van der Waals surface area (Å²) in [5.74, 6) is 2.29. The first-order chi connectivity index (χ1) is 13.2. The van der Waals surface area contributed by atoms with Crippen LogP contribution in [-0.2, 0) is 11.3 Å². The van der Waals surface area contributed by atoms with Gasteiger partial charge in [-0.15, -0.1) is 0 Å². The molecule has 1 saturated carbocycles. The zero-order valence-electron chi connectivity index (χ0n) is 16.5. The molecule has 1 aliphatic heterocycles. The lowest BCUT2D eigenvalue weighted by Gasteiger charge is -2.21. The fraction of sp³-hybridized carbons (Fsp3) is 0.619. The summed E-state index contributed by atoms with van der Waals surface area (Å²) in [6.07, 6.45) is 5.52. The van der Waals surface area contributed by atoms with E-state index in [1.165, 1.54) is 12.8 Å². The SMILES string of the molecule is CCNC(=NCc1ccc(OC)cc1)NC1CCN(C(=O)C2CCCC2)C1. The Hall–Kier alpha value is -2.24. The molecule has 6 nitrogen and oxygen atoms in total. The molecule has 3 rings (SSSR count). The van der Waals surface area contributed by atoms with E-state index in [1.54, 1.807) is 7.11 Å². The lowest BCUT2D eigenvalue weighted by atomic mass is 10.1. The largest absolute Gasteiger partial charge is 0.497 e. The van der Waals surface area contributed by atoms with Crippen molar-refractivity contribution in [3.8, 4) is 5.75 Å². The number of nitrogens with one attached hydrogen (secondary N) is 2. The van der Waals surface area contributed by atoms with Crippen LogP contribution in [0.15, 0.2) is 29.3 Å². The van der Waals surface area contributed by atoms with Gasteiger partial charge in [0, 0.05) is 31.6 Å². The van der Waals surface area contributed by atoms with Crippen LogP contribution in [0.3, 0.4) is 0 Å². The van der Waals surface area contributed by atoms with Gasteiger partial charge >= 0.3 is 0 Å². The summed E-state index contributed by atoms with van der Waals surface area (Å²) in [7, 11) is 1.67. The molecule has 2 aliphatic rings. The predicted octanol–water partition coefficient (Wildman–Crippen LogP) is 2.54. The lowest BCUT2D eigenvalue weighted by molar-refractivity contribution is -0.134. The highest BCUT2D eigenvalue weighted by atomic mass is 16.5. The Morgan fingerprint density at radius 1 is 1.22 bits per heavy atom. The smallest absolute Gasteiger partial charge is 0.225 e. The Kier molecular flexibility index (Phi) is 6.96. The molecule has 1 aliphatic carbocycles. The normalized spacial score (nSPS) is 20.7. The van der Waals surface area contributed by atoms with E-state index in [0.717, 1.165) is 56.2 Å². The zero-order valence-corrected chi connectivity index (χ0v) is 16.5. The number of rotatable bonds is 6. The Labute approximate surface area is 162 Å². The zero-order chi connectivity index (χ0) is 19.1. The Bertz CT molecular complexity index is 638. The number of hydrogen-bond donors (Lipinski definition) is 2. The predicted molar refractivity (Wildman–Crippen MR) is 108 cm³/mol. The first kappa shape index (κ1) is 19.5. The topological polar surface area (TPSA) is 66.0 Å². The standard InChI is InChI=1S/C21H32N4O2/c1-3-22-21(23-14-16-8-10-19(27-2)11-9-16)24-18-12-13-25(15-18)20(26)17-6-4-5-7-17/h8-11,17-18H,3-7,12-15H2,1-2H3,(H2,22,23,24). The van der Waals surface area contributed by atoms with Gasteiger partial charge in [-0.3, -0.25) is 4.79 Å². The summed E-state index contributed by atoms with van der Waals surface area (Å²) >= 11 is 0. The van der Waals surface area contributed by atoms with E-state index >= 15 is 0 Å². The van der Waals surface area contributed by atoms with Crippen LogP contribution >= 0.6 is 0 Å². The maximum absolute atomic E-state index is 12.6. The van der Waals surface area contributed by atoms with Crippen molar-refractivity contribution >= 4 is 11.9 Å². The van der Waals surface area contributed by atoms with E-state index in [2.05, 4.69) is 17.6 Å². The second kappa shape index (κ2) is 9.62.